The first-order valence-corrected chi connectivity index (χ1v) is 7.07. The predicted octanol–water partition coefficient (Wildman–Crippen LogP) is 3.24. The minimum Gasteiger partial charge on any atom is -0.239 e. The summed E-state index contributed by atoms with van der Waals surface area (Å²) in [6, 6.07) is 0. The Morgan fingerprint density at radius 2 is 2.07 bits per heavy atom. The highest BCUT2D eigenvalue weighted by atomic mass is 79.9. The van der Waals surface area contributed by atoms with Gasteiger partial charge in [-0.3, -0.25) is 0 Å². The molecule has 0 bridgehead atoms. The summed E-state index contributed by atoms with van der Waals surface area (Å²) in [6.07, 6.45) is 5.68. The van der Waals surface area contributed by atoms with Crippen LogP contribution in [0.15, 0.2) is 9.47 Å². The van der Waals surface area contributed by atoms with Crippen molar-refractivity contribution in [3.8, 4) is 0 Å². The van der Waals surface area contributed by atoms with Gasteiger partial charge < -0.3 is 0 Å². The van der Waals surface area contributed by atoms with E-state index in [0.29, 0.717) is 4.73 Å². The van der Waals surface area contributed by atoms with E-state index in [0.717, 1.165) is 29.0 Å². The van der Waals surface area contributed by atoms with Crippen LogP contribution < -0.4 is 0 Å². The summed E-state index contributed by atoms with van der Waals surface area (Å²) in [4.78, 5) is 4.19. The Hall–Kier alpha value is 0.1000. The summed E-state index contributed by atoms with van der Waals surface area (Å²) < 4.78 is 3.49. The lowest BCUT2D eigenvalue weighted by Gasteiger charge is -2.20. The molecule has 3 unspecified atom stereocenters. The molecular formula is C10H13Br2N3. The second-order valence-electron chi connectivity index (χ2n) is 4.77. The van der Waals surface area contributed by atoms with Crippen LogP contribution in [0, 0.1) is 17.8 Å². The average Bonchev–Trinajstić information content (AvgIpc) is 2.87. The van der Waals surface area contributed by atoms with Crippen molar-refractivity contribution in [2.24, 2.45) is 17.8 Å². The van der Waals surface area contributed by atoms with Gasteiger partial charge in [0.25, 0.3) is 0 Å². The van der Waals surface area contributed by atoms with Crippen molar-refractivity contribution in [3.05, 3.63) is 9.47 Å². The van der Waals surface area contributed by atoms with Gasteiger partial charge in [-0.1, -0.05) is 0 Å². The summed E-state index contributed by atoms with van der Waals surface area (Å²) in [5, 5.41) is 4.32. The van der Waals surface area contributed by atoms with Gasteiger partial charge in [0, 0.05) is 6.54 Å². The van der Waals surface area contributed by atoms with E-state index >= 15 is 0 Å². The van der Waals surface area contributed by atoms with Crippen molar-refractivity contribution in [3.63, 3.8) is 0 Å². The summed E-state index contributed by atoms with van der Waals surface area (Å²) in [7, 11) is 0. The molecule has 3 nitrogen and oxygen atoms in total. The molecule has 0 N–H and O–H groups in total. The Balaban J connectivity index is 1.66. The fraction of sp³-hybridized carbons (Fsp3) is 0.800. The molecular weight excluding hydrogens is 322 g/mol. The van der Waals surface area contributed by atoms with Gasteiger partial charge >= 0.3 is 0 Å². The minimum absolute atomic E-state index is 0.675. The van der Waals surface area contributed by atoms with Crippen LogP contribution >= 0.6 is 31.9 Å². The van der Waals surface area contributed by atoms with Crippen molar-refractivity contribution < 1.29 is 0 Å². The molecule has 0 spiro atoms. The number of nitrogens with zero attached hydrogens (tertiary/aromatic N) is 3. The first-order valence-electron chi connectivity index (χ1n) is 5.48. The molecule has 1 heterocycles. The molecule has 2 fully saturated rings. The van der Waals surface area contributed by atoms with Crippen molar-refractivity contribution in [2.75, 3.05) is 0 Å². The standard InChI is InChI=1S/C10H13Br2N3/c11-9-13-10(12)15(14-9)5-6-1-2-7-4-8(7)3-6/h6-8H,1-5H2. The van der Waals surface area contributed by atoms with Gasteiger partial charge in [0.2, 0.25) is 4.73 Å². The van der Waals surface area contributed by atoms with E-state index < -0.39 is 0 Å². The van der Waals surface area contributed by atoms with Crippen LogP contribution in [-0.4, -0.2) is 14.8 Å². The maximum absolute atomic E-state index is 4.32. The number of rotatable bonds is 2. The Bertz CT molecular complexity index is 377. The summed E-state index contributed by atoms with van der Waals surface area (Å²) in [6.45, 7) is 1.02. The van der Waals surface area contributed by atoms with Crippen molar-refractivity contribution >= 4 is 31.9 Å². The van der Waals surface area contributed by atoms with Gasteiger partial charge in [0.15, 0.2) is 4.73 Å². The molecule has 0 saturated heterocycles. The highest BCUT2D eigenvalue weighted by molar-refractivity contribution is 9.11. The normalized spacial score (nSPS) is 33.9. The number of aromatic nitrogens is 3. The van der Waals surface area contributed by atoms with Crippen LogP contribution in [0.1, 0.15) is 25.7 Å². The van der Waals surface area contributed by atoms with E-state index in [1.807, 2.05) is 4.68 Å². The van der Waals surface area contributed by atoms with E-state index in [1.54, 1.807) is 0 Å². The van der Waals surface area contributed by atoms with Crippen LogP contribution in [-0.2, 0) is 6.54 Å². The molecule has 1 aromatic rings. The molecule has 1 aromatic heterocycles. The minimum atomic E-state index is 0.675. The average molecular weight is 335 g/mol. The lowest BCUT2D eigenvalue weighted by molar-refractivity contribution is 0.294. The largest absolute Gasteiger partial charge is 0.239 e. The zero-order chi connectivity index (χ0) is 10.4. The zero-order valence-electron chi connectivity index (χ0n) is 8.37. The van der Waals surface area contributed by atoms with Gasteiger partial charge in [0.05, 0.1) is 0 Å². The third kappa shape index (κ3) is 2.13. The smallest absolute Gasteiger partial charge is 0.218 e. The van der Waals surface area contributed by atoms with Crippen LogP contribution in [0.5, 0.6) is 0 Å². The Morgan fingerprint density at radius 3 is 2.73 bits per heavy atom. The van der Waals surface area contributed by atoms with Crippen LogP contribution in [0.3, 0.4) is 0 Å². The van der Waals surface area contributed by atoms with E-state index in [4.69, 9.17) is 0 Å². The summed E-state index contributed by atoms with van der Waals surface area (Å²) in [5.74, 6) is 2.92. The second kappa shape index (κ2) is 3.84. The van der Waals surface area contributed by atoms with E-state index in [-0.39, 0.29) is 0 Å². The van der Waals surface area contributed by atoms with Crippen LogP contribution in [0.25, 0.3) is 0 Å². The van der Waals surface area contributed by atoms with E-state index in [1.165, 1.54) is 25.7 Å². The highest BCUT2D eigenvalue weighted by Gasteiger charge is 2.41. The summed E-state index contributed by atoms with van der Waals surface area (Å²) >= 11 is 6.72. The molecule has 3 atom stereocenters. The topological polar surface area (TPSA) is 30.7 Å². The molecule has 2 aliphatic rings. The van der Waals surface area contributed by atoms with Crippen LogP contribution in [0.4, 0.5) is 0 Å². The first-order chi connectivity index (χ1) is 7.22. The van der Waals surface area contributed by atoms with E-state index in [9.17, 15) is 0 Å². The predicted molar refractivity (Wildman–Crippen MR) is 64.4 cm³/mol. The van der Waals surface area contributed by atoms with E-state index in [2.05, 4.69) is 41.9 Å². The number of fused-ring (bicyclic) bond motifs is 1. The lowest BCUT2D eigenvalue weighted by Crippen LogP contribution is -2.16. The van der Waals surface area contributed by atoms with Gasteiger partial charge in [0.1, 0.15) is 0 Å². The van der Waals surface area contributed by atoms with Gasteiger partial charge in [-0.25, -0.2) is 4.68 Å². The maximum atomic E-state index is 4.32. The van der Waals surface area contributed by atoms with Crippen molar-refractivity contribution in [1.29, 1.82) is 0 Å². The molecule has 15 heavy (non-hydrogen) atoms. The fourth-order valence-electron chi connectivity index (χ4n) is 2.77. The van der Waals surface area contributed by atoms with Gasteiger partial charge in [-0.15, -0.1) is 5.10 Å². The molecule has 5 heteroatoms. The van der Waals surface area contributed by atoms with Crippen molar-refractivity contribution in [2.45, 2.75) is 32.2 Å². The molecule has 2 aliphatic carbocycles. The quantitative estimate of drug-likeness (QED) is 0.831. The van der Waals surface area contributed by atoms with Gasteiger partial charge in [-0.2, -0.15) is 4.98 Å². The Kier molecular flexibility index (Phi) is 2.63. The second-order valence-corrected chi connectivity index (χ2v) is 6.19. The zero-order valence-corrected chi connectivity index (χ0v) is 11.5. The Morgan fingerprint density at radius 1 is 1.20 bits per heavy atom. The Labute approximate surface area is 106 Å². The molecule has 0 aromatic carbocycles. The monoisotopic (exact) mass is 333 g/mol. The van der Waals surface area contributed by atoms with Crippen LogP contribution in [0.2, 0.25) is 0 Å². The number of hydrogen-bond donors (Lipinski definition) is 0. The maximum Gasteiger partial charge on any atom is 0.218 e. The third-order valence-electron chi connectivity index (χ3n) is 3.68. The highest BCUT2D eigenvalue weighted by Crippen LogP contribution is 2.51. The molecule has 2 saturated carbocycles. The summed E-state index contributed by atoms with van der Waals surface area (Å²) in [5.41, 5.74) is 0. The fourth-order valence-corrected chi connectivity index (χ4v) is 3.76. The number of halogens is 2. The SMILES string of the molecule is Brc1nc(Br)n(CC2CCC3CC3C2)n1. The molecule has 0 aliphatic heterocycles. The molecule has 3 rings (SSSR count). The molecule has 0 radical (unpaired) electrons. The lowest BCUT2D eigenvalue weighted by atomic mass is 9.89. The number of hydrogen-bond acceptors (Lipinski definition) is 2. The van der Waals surface area contributed by atoms with Crippen molar-refractivity contribution in [1.82, 2.24) is 14.8 Å². The molecule has 0 amide bonds. The van der Waals surface area contributed by atoms with Gasteiger partial charge in [-0.05, 0) is 75.3 Å². The first kappa shape index (κ1) is 10.3. The molecule has 82 valence electrons. The third-order valence-corrected chi connectivity index (χ3v) is 4.61.